The minimum atomic E-state index is -0.339. The van der Waals surface area contributed by atoms with Gasteiger partial charge in [-0.25, -0.2) is 4.98 Å². The van der Waals surface area contributed by atoms with Gasteiger partial charge in [-0.15, -0.1) is 23.1 Å². The van der Waals surface area contributed by atoms with E-state index in [1.54, 1.807) is 30.3 Å². The molecular weight excluding hydrogens is 513 g/mol. The smallest absolute Gasteiger partial charge is 0.291 e. The summed E-state index contributed by atoms with van der Waals surface area (Å²) in [4.78, 5) is 30.5. The van der Waals surface area contributed by atoms with E-state index < -0.39 is 0 Å². The van der Waals surface area contributed by atoms with Gasteiger partial charge in [-0.2, -0.15) is 0 Å². The van der Waals surface area contributed by atoms with Gasteiger partial charge < -0.3 is 15.1 Å². The maximum Gasteiger partial charge on any atom is 0.291 e. The van der Waals surface area contributed by atoms with E-state index >= 15 is 0 Å². The van der Waals surface area contributed by atoms with Crippen LogP contribution < -0.4 is 10.6 Å². The predicted molar refractivity (Wildman–Crippen MR) is 139 cm³/mol. The largest absolute Gasteiger partial charge is 0.459 e. The molecular formula is C24H19Cl2N3O3S2. The van der Waals surface area contributed by atoms with Crippen LogP contribution in [0.1, 0.15) is 23.9 Å². The Morgan fingerprint density at radius 2 is 1.94 bits per heavy atom. The first-order chi connectivity index (χ1) is 16.4. The number of nitrogens with zero attached hydrogens (tertiary/aromatic N) is 1. The minimum Gasteiger partial charge on any atom is -0.459 e. The maximum absolute atomic E-state index is 12.9. The third-order valence-electron chi connectivity index (χ3n) is 4.73. The van der Waals surface area contributed by atoms with Gasteiger partial charge in [0, 0.05) is 21.5 Å². The molecule has 1 atom stereocenters. The van der Waals surface area contributed by atoms with Gasteiger partial charge in [-0.3, -0.25) is 9.59 Å². The number of amides is 2. The summed E-state index contributed by atoms with van der Waals surface area (Å²) in [6.07, 6.45) is 2.06. The summed E-state index contributed by atoms with van der Waals surface area (Å²) < 4.78 is 5.12. The SMILES string of the molecule is CCC(Sc1cccc(NC(=O)c2ccco2)c1)C(=O)Nc1nc(-c2ccc(Cl)c(Cl)c2)cs1. The molecule has 4 rings (SSSR count). The summed E-state index contributed by atoms with van der Waals surface area (Å²) in [5, 5.41) is 8.64. The molecule has 2 amide bonds. The maximum atomic E-state index is 12.9. The highest BCUT2D eigenvalue weighted by Crippen LogP contribution is 2.32. The number of nitrogens with one attached hydrogen (secondary N) is 2. The first kappa shape index (κ1) is 24.3. The Hall–Kier alpha value is -2.78. The van der Waals surface area contributed by atoms with Gasteiger partial charge in [0.15, 0.2) is 10.9 Å². The second-order valence-electron chi connectivity index (χ2n) is 7.13. The first-order valence-corrected chi connectivity index (χ1v) is 12.8. The van der Waals surface area contributed by atoms with Crippen molar-refractivity contribution < 1.29 is 14.0 Å². The summed E-state index contributed by atoms with van der Waals surface area (Å²) >= 11 is 14.8. The second-order valence-corrected chi connectivity index (χ2v) is 10.1. The van der Waals surface area contributed by atoms with Crippen LogP contribution in [0.15, 0.2) is 75.6 Å². The number of carbonyl (C=O) groups excluding carboxylic acids is 2. The molecule has 0 saturated heterocycles. The summed E-state index contributed by atoms with van der Waals surface area (Å²) in [6, 6.07) is 15.9. The molecule has 2 heterocycles. The Balaban J connectivity index is 1.40. The molecule has 0 aliphatic heterocycles. The topological polar surface area (TPSA) is 84.2 Å². The molecule has 34 heavy (non-hydrogen) atoms. The van der Waals surface area contributed by atoms with Crippen LogP contribution in [0.5, 0.6) is 0 Å². The van der Waals surface area contributed by atoms with E-state index in [9.17, 15) is 9.59 Å². The van der Waals surface area contributed by atoms with Gasteiger partial charge in [-0.05, 0) is 48.9 Å². The fraction of sp³-hybridized carbons (Fsp3) is 0.125. The number of furan rings is 1. The van der Waals surface area contributed by atoms with Gasteiger partial charge in [0.05, 0.1) is 27.3 Å². The second kappa shape index (κ2) is 11.1. The van der Waals surface area contributed by atoms with E-state index in [4.69, 9.17) is 27.6 Å². The van der Waals surface area contributed by atoms with Crippen LogP contribution in [0.2, 0.25) is 10.0 Å². The summed E-state index contributed by atoms with van der Waals surface area (Å²) in [6.45, 7) is 1.95. The molecule has 0 radical (unpaired) electrons. The Labute approximate surface area is 214 Å². The molecule has 2 aromatic carbocycles. The van der Waals surface area contributed by atoms with Gasteiger partial charge in [0.1, 0.15) is 0 Å². The zero-order valence-corrected chi connectivity index (χ0v) is 21.0. The highest BCUT2D eigenvalue weighted by atomic mass is 35.5. The van der Waals surface area contributed by atoms with Crippen molar-refractivity contribution in [1.82, 2.24) is 4.98 Å². The van der Waals surface area contributed by atoms with Gasteiger partial charge in [0.2, 0.25) is 5.91 Å². The van der Waals surface area contributed by atoms with Gasteiger partial charge in [-0.1, -0.05) is 42.3 Å². The summed E-state index contributed by atoms with van der Waals surface area (Å²) in [5.41, 5.74) is 2.15. The molecule has 0 bridgehead atoms. The molecule has 174 valence electrons. The fourth-order valence-corrected chi connectivity index (χ4v) is 5.07. The number of hydrogen-bond acceptors (Lipinski definition) is 6. The molecule has 2 N–H and O–H groups in total. The molecule has 0 fully saturated rings. The van der Waals surface area contributed by atoms with Crippen molar-refractivity contribution in [2.45, 2.75) is 23.5 Å². The number of anilines is 2. The number of halogens is 2. The van der Waals surface area contributed by atoms with Crippen LogP contribution >= 0.6 is 46.3 Å². The number of benzene rings is 2. The van der Waals surface area contributed by atoms with Crippen LogP contribution in [0, 0.1) is 0 Å². The number of carbonyl (C=O) groups is 2. The van der Waals surface area contributed by atoms with E-state index in [2.05, 4.69) is 15.6 Å². The molecule has 1 unspecified atom stereocenters. The van der Waals surface area contributed by atoms with Crippen LogP contribution in [0.4, 0.5) is 10.8 Å². The average molecular weight is 532 g/mol. The van der Waals surface area contributed by atoms with Gasteiger partial charge in [0.25, 0.3) is 5.91 Å². The van der Waals surface area contributed by atoms with E-state index in [-0.39, 0.29) is 22.8 Å². The molecule has 6 nitrogen and oxygen atoms in total. The lowest BCUT2D eigenvalue weighted by atomic mass is 10.2. The zero-order valence-electron chi connectivity index (χ0n) is 17.9. The number of hydrogen-bond donors (Lipinski definition) is 2. The van der Waals surface area contributed by atoms with E-state index in [0.717, 1.165) is 10.5 Å². The lowest BCUT2D eigenvalue weighted by Crippen LogP contribution is -2.24. The molecule has 0 aliphatic carbocycles. The fourth-order valence-electron chi connectivity index (χ4n) is 3.04. The Bertz CT molecular complexity index is 1310. The van der Waals surface area contributed by atoms with Crippen molar-refractivity contribution in [3.8, 4) is 11.3 Å². The minimum absolute atomic E-state index is 0.146. The normalized spacial score (nSPS) is 11.7. The van der Waals surface area contributed by atoms with Crippen molar-refractivity contribution in [3.05, 3.63) is 82.0 Å². The highest BCUT2D eigenvalue weighted by molar-refractivity contribution is 8.00. The highest BCUT2D eigenvalue weighted by Gasteiger charge is 2.20. The summed E-state index contributed by atoms with van der Waals surface area (Å²) in [5.74, 6) is -0.251. The average Bonchev–Trinajstić information content (AvgIpc) is 3.52. The van der Waals surface area contributed by atoms with Crippen molar-refractivity contribution in [2.75, 3.05) is 10.6 Å². The number of thiazole rings is 1. The van der Waals surface area contributed by atoms with Crippen molar-refractivity contribution in [1.29, 1.82) is 0 Å². The first-order valence-electron chi connectivity index (χ1n) is 10.3. The Morgan fingerprint density at radius 3 is 2.68 bits per heavy atom. The van der Waals surface area contributed by atoms with E-state index in [1.165, 1.54) is 29.4 Å². The Morgan fingerprint density at radius 1 is 1.09 bits per heavy atom. The lowest BCUT2D eigenvalue weighted by Gasteiger charge is -2.14. The van der Waals surface area contributed by atoms with Crippen LogP contribution in [-0.2, 0) is 4.79 Å². The van der Waals surface area contributed by atoms with Crippen LogP contribution in [-0.4, -0.2) is 22.0 Å². The number of rotatable bonds is 8. The van der Waals surface area contributed by atoms with Crippen molar-refractivity contribution >= 4 is 68.9 Å². The molecule has 10 heteroatoms. The van der Waals surface area contributed by atoms with Gasteiger partial charge >= 0.3 is 0 Å². The van der Waals surface area contributed by atoms with E-state index in [0.29, 0.717) is 33.0 Å². The quantitative estimate of drug-likeness (QED) is 0.230. The Kier molecular flexibility index (Phi) is 7.95. The van der Waals surface area contributed by atoms with Crippen LogP contribution in [0.25, 0.3) is 11.3 Å². The summed E-state index contributed by atoms with van der Waals surface area (Å²) in [7, 11) is 0. The lowest BCUT2D eigenvalue weighted by molar-refractivity contribution is -0.115. The number of aromatic nitrogens is 1. The molecule has 0 spiro atoms. The molecule has 2 aromatic heterocycles. The monoisotopic (exact) mass is 531 g/mol. The van der Waals surface area contributed by atoms with Crippen molar-refractivity contribution in [2.24, 2.45) is 0 Å². The molecule has 4 aromatic rings. The van der Waals surface area contributed by atoms with Crippen LogP contribution in [0.3, 0.4) is 0 Å². The van der Waals surface area contributed by atoms with E-state index in [1.807, 2.05) is 36.6 Å². The number of thioether (sulfide) groups is 1. The van der Waals surface area contributed by atoms with Crippen molar-refractivity contribution in [3.63, 3.8) is 0 Å². The zero-order chi connectivity index (χ0) is 24.1. The molecule has 0 aliphatic rings. The third-order valence-corrected chi connectivity index (χ3v) is 7.58. The molecule has 0 saturated carbocycles. The standard InChI is InChI=1S/C24H19Cl2N3O3S2/c1-2-21(34-16-6-3-5-15(12-16)27-22(30)20-7-4-10-32-20)23(31)29-24-28-19(13-33-24)14-8-9-17(25)18(26)11-14/h3-13,21H,2H2,1H3,(H,27,30)(H,28,29,31). The third kappa shape index (κ3) is 6.01. The predicted octanol–water partition coefficient (Wildman–Crippen LogP) is 7.47.